The van der Waals surface area contributed by atoms with Crippen molar-refractivity contribution in [1.82, 2.24) is 9.88 Å². The largest absolute Gasteiger partial charge is 0.360 e. The van der Waals surface area contributed by atoms with Gasteiger partial charge < -0.3 is 9.88 Å². The van der Waals surface area contributed by atoms with Crippen molar-refractivity contribution >= 4 is 33.2 Å². The zero-order valence-corrected chi connectivity index (χ0v) is 29.2. The lowest BCUT2D eigenvalue weighted by Gasteiger charge is -2.25. The van der Waals surface area contributed by atoms with E-state index in [-0.39, 0.29) is 11.6 Å². The molecule has 0 spiro atoms. The van der Waals surface area contributed by atoms with Gasteiger partial charge in [-0.05, 0) is 98.6 Å². The maximum absolute atomic E-state index is 5.17. The van der Waals surface area contributed by atoms with Gasteiger partial charge in [0, 0.05) is 27.6 Å². The van der Waals surface area contributed by atoms with Crippen molar-refractivity contribution in [2.24, 2.45) is 4.99 Å². The summed E-state index contributed by atoms with van der Waals surface area (Å²) in [7, 11) is 0. The van der Waals surface area contributed by atoms with Gasteiger partial charge in [-0.2, -0.15) is 0 Å². The van der Waals surface area contributed by atoms with E-state index in [2.05, 4.69) is 200 Å². The Morgan fingerprint density at radius 3 is 1.85 bits per heavy atom. The normalized spacial score (nSPS) is 15.8. The molecule has 1 aromatic heterocycles. The molecule has 3 nitrogen and oxygen atoms in total. The molecule has 8 aromatic rings. The number of rotatable bonds is 5. The van der Waals surface area contributed by atoms with Crippen molar-refractivity contribution in [2.75, 3.05) is 0 Å². The molecule has 0 amide bonds. The molecular formula is C49H37N3. The molecule has 2 heterocycles. The predicted octanol–water partition coefficient (Wildman–Crippen LogP) is 11.9. The summed E-state index contributed by atoms with van der Waals surface area (Å²) < 4.78 is 2.39. The average Bonchev–Trinajstić information content (AvgIpc) is 3.66. The maximum Gasteiger partial charge on any atom is 0.145 e. The number of fused-ring (bicyclic) bond motifs is 6. The molecule has 52 heavy (non-hydrogen) atoms. The number of allylic oxidation sites excluding steroid dienone is 1. The Kier molecular flexibility index (Phi) is 6.91. The van der Waals surface area contributed by atoms with Crippen molar-refractivity contribution in [3.8, 4) is 27.9 Å². The summed E-state index contributed by atoms with van der Waals surface area (Å²) in [5.41, 5.74) is 16.8. The first-order valence-electron chi connectivity index (χ1n) is 18.1. The zero-order chi connectivity index (χ0) is 34.8. The average molecular weight is 668 g/mol. The number of nitrogens with one attached hydrogen (secondary N) is 1. The van der Waals surface area contributed by atoms with Gasteiger partial charge in [0.1, 0.15) is 6.17 Å². The van der Waals surface area contributed by atoms with Crippen LogP contribution in [0.3, 0.4) is 0 Å². The summed E-state index contributed by atoms with van der Waals surface area (Å²) in [6.07, 6.45) is 2.00. The van der Waals surface area contributed by atoms with Gasteiger partial charge in [0.2, 0.25) is 0 Å². The molecule has 2 aliphatic rings. The molecule has 0 saturated heterocycles. The highest BCUT2D eigenvalue weighted by atomic mass is 15.1. The van der Waals surface area contributed by atoms with E-state index in [0.717, 1.165) is 33.8 Å². The van der Waals surface area contributed by atoms with Crippen LogP contribution in [0.1, 0.15) is 47.8 Å². The number of aliphatic imine (C=N–C) groups is 1. The van der Waals surface area contributed by atoms with E-state index in [9.17, 15) is 0 Å². The molecular weight excluding hydrogens is 631 g/mol. The Hall–Kier alpha value is -6.45. The van der Waals surface area contributed by atoms with Crippen LogP contribution in [0.25, 0.3) is 55.4 Å². The van der Waals surface area contributed by atoms with E-state index in [0.29, 0.717) is 0 Å². The summed E-state index contributed by atoms with van der Waals surface area (Å²) in [6, 6.07) is 61.5. The van der Waals surface area contributed by atoms with Gasteiger partial charge in [-0.3, -0.25) is 4.99 Å². The molecule has 1 unspecified atom stereocenters. The van der Waals surface area contributed by atoms with E-state index in [4.69, 9.17) is 4.99 Å². The standard InChI is InChI=1S/C49H37N3/c1-49(2)42-21-13-12-20-38(42)39-28-34(22-25-43(39)49)35-23-26-46-40(29-35)41-30-36(24-27-47(41)52(46)37-18-10-5-11-19-37)45-31-44(32-14-6-3-7-15-32)50-48(51-45)33-16-8-4-9-17-33/h3-31,48,51H,1-2H3. The molecule has 0 saturated carbocycles. The zero-order valence-electron chi connectivity index (χ0n) is 29.2. The third-order valence-electron chi connectivity index (χ3n) is 11.0. The Labute approximate surface area is 304 Å². The number of aromatic nitrogens is 1. The maximum atomic E-state index is 5.17. The highest BCUT2D eigenvalue weighted by molar-refractivity contribution is 6.14. The fraction of sp³-hybridized carbons (Fsp3) is 0.0816. The first-order valence-corrected chi connectivity index (χ1v) is 18.1. The summed E-state index contributed by atoms with van der Waals surface area (Å²) in [5, 5.41) is 6.22. The molecule has 248 valence electrons. The van der Waals surface area contributed by atoms with Crippen molar-refractivity contribution in [3.63, 3.8) is 0 Å². The van der Waals surface area contributed by atoms with Crippen LogP contribution in [0, 0.1) is 0 Å². The minimum absolute atomic E-state index is 0.0135. The second-order valence-electron chi connectivity index (χ2n) is 14.5. The predicted molar refractivity (Wildman–Crippen MR) is 217 cm³/mol. The molecule has 0 bridgehead atoms. The van der Waals surface area contributed by atoms with Gasteiger partial charge in [0.25, 0.3) is 0 Å². The van der Waals surface area contributed by atoms with Crippen molar-refractivity contribution in [3.05, 3.63) is 204 Å². The lowest BCUT2D eigenvalue weighted by Crippen LogP contribution is -2.24. The number of benzene rings is 7. The third kappa shape index (κ3) is 4.85. The summed E-state index contributed by atoms with van der Waals surface area (Å²) in [6.45, 7) is 4.68. The monoisotopic (exact) mass is 667 g/mol. The van der Waals surface area contributed by atoms with Gasteiger partial charge >= 0.3 is 0 Å². The smallest absolute Gasteiger partial charge is 0.145 e. The van der Waals surface area contributed by atoms with Gasteiger partial charge in [-0.25, -0.2) is 0 Å². The summed E-state index contributed by atoms with van der Waals surface area (Å²) in [5.74, 6) is 0. The van der Waals surface area contributed by atoms with E-state index >= 15 is 0 Å². The van der Waals surface area contributed by atoms with Crippen LogP contribution in [0.2, 0.25) is 0 Å². The fourth-order valence-corrected chi connectivity index (χ4v) is 8.39. The first-order chi connectivity index (χ1) is 25.5. The molecule has 0 fully saturated rings. The molecule has 3 heteroatoms. The van der Waals surface area contributed by atoms with Gasteiger partial charge in [-0.15, -0.1) is 0 Å². The molecule has 1 atom stereocenters. The lowest BCUT2D eigenvalue weighted by atomic mass is 9.82. The number of hydrogen-bond acceptors (Lipinski definition) is 2. The van der Waals surface area contributed by atoms with Gasteiger partial charge in [0.15, 0.2) is 0 Å². The first kappa shape index (κ1) is 30.4. The Morgan fingerprint density at radius 1 is 0.519 bits per heavy atom. The fourth-order valence-electron chi connectivity index (χ4n) is 8.39. The number of nitrogens with zero attached hydrogens (tertiary/aromatic N) is 2. The second kappa shape index (κ2) is 11.8. The van der Waals surface area contributed by atoms with Crippen LogP contribution in [0.5, 0.6) is 0 Å². The van der Waals surface area contributed by atoms with Crippen LogP contribution >= 0.6 is 0 Å². The molecule has 10 rings (SSSR count). The van der Waals surface area contributed by atoms with Crippen molar-refractivity contribution in [2.45, 2.75) is 25.4 Å². The van der Waals surface area contributed by atoms with Crippen molar-refractivity contribution < 1.29 is 0 Å². The number of para-hydroxylation sites is 1. The van der Waals surface area contributed by atoms with E-state index < -0.39 is 0 Å². The van der Waals surface area contributed by atoms with E-state index in [1.54, 1.807) is 0 Å². The highest BCUT2D eigenvalue weighted by Gasteiger charge is 2.35. The van der Waals surface area contributed by atoms with Crippen LogP contribution in [-0.2, 0) is 5.41 Å². The van der Waals surface area contributed by atoms with Crippen LogP contribution in [-0.4, -0.2) is 10.3 Å². The van der Waals surface area contributed by atoms with Crippen LogP contribution in [0.4, 0.5) is 0 Å². The quantitative estimate of drug-likeness (QED) is 0.194. The lowest BCUT2D eigenvalue weighted by molar-refractivity contribution is 0.660. The Bertz CT molecular complexity index is 2720. The minimum Gasteiger partial charge on any atom is -0.360 e. The molecule has 0 radical (unpaired) electrons. The molecule has 7 aromatic carbocycles. The van der Waals surface area contributed by atoms with E-state index in [1.165, 1.54) is 55.2 Å². The summed E-state index contributed by atoms with van der Waals surface area (Å²) >= 11 is 0. The Morgan fingerprint density at radius 2 is 1.10 bits per heavy atom. The van der Waals surface area contributed by atoms with E-state index in [1.807, 2.05) is 0 Å². The van der Waals surface area contributed by atoms with Crippen LogP contribution < -0.4 is 5.32 Å². The number of hydrogen-bond donors (Lipinski definition) is 1. The third-order valence-corrected chi connectivity index (χ3v) is 11.0. The van der Waals surface area contributed by atoms with Crippen molar-refractivity contribution in [1.29, 1.82) is 0 Å². The second-order valence-corrected chi connectivity index (χ2v) is 14.5. The Balaban J connectivity index is 1.15. The highest BCUT2D eigenvalue weighted by Crippen LogP contribution is 2.49. The summed E-state index contributed by atoms with van der Waals surface area (Å²) in [4.78, 5) is 5.17. The molecule has 1 N–H and O–H groups in total. The molecule has 1 aliphatic heterocycles. The van der Waals surface area contributed by atoms with Gasteiger partial charge in [-0.1, -0.05) is 141 Å². The minimum atomic E-state index is -0.195. The van der Waals surface area contributed by atoms with Crippen LogP contribution in [0.15, 0.2) is 181 Å². The SMILES string of the molecule is CC1(C)c2ccccc2-c2cc(-c3ccc4c(c3)c3cc(C5=CC(c6ccccc6)=NC(c6ccccc6)N5)ccc3n4-c3ccccc3)ccc21. The molecule has 1 aliphatic carbocycles. The van der Waals surface area contributed by atoms with Gasteiger partial charge in [0.05, 0.1) is 16.7 Å². The topological polar surface area (TPSA) is 29.3 Å².